The van der Waals surface area contributed by atoms with Gasteiger partial charge >= 0.3 is 0 Å². The predicted molar refractivity (Wildman–Crippen MR) is 107 cm³/mol. The molecule has 0 saturated heterocycles. The van der Waals surface area contributed by atoms with Crippen LogP contribution in [0.4, 0.5) is 5.69 Å². The van der Waals surface area contributed by atoms with Gasteiger partial charge in [-0.2, -0.15) is 5.10 Å². The second-order valence-corrected chi connectivity index (χ2v) is 6.75. The minimum Gasteiger partial charge on any atom is -0.320 e. The molecule has 26 heavy (non-hydrogen) atoms. The molecule has 128 valence electrons. The van der Waals surface area contributed by atoms with Crippen LogP contribution in [0, 0.1) is 3.57 Å². The molecule has 2 aromatic carbocycles. The number of carbonyl (C=O) groups is 1. The first-order valence-corrected chi connectivity index (χ1v) is 8.79. The number of nitrogens with zero attached hydrogens (tertiary/aromatic N) is 3. The number of benzene rings is 2. The van der Waals surface area contributed by atoms with Gasteiger partial charge in [0.2, 0.25) is 0 Å². The standard InChI is InChI=1S/C18H12IN5O2/c19-12-7-5-11(6-8-12)17(25)23-14-3-1-2-4-15(14)24-16-13(9-22-24)18(26)21-10-20-16/h1-10H,(H,23,25)(H,20,21,26). The van der Waals surface area contributed by atoms with Crippen molar-refractivity contribution in [3.63, 3.8) is 0 Å². The molecule has 0 aliphatic rings. The lowest BCUT2D eigenvalue weighted by Crippen LogP contribution is -2.14. The molecule has 0 fully saturated rings. The maximum absolute atomic E-state index is 12.6. The number of rotatable bonds is 3. The van der Waals surface area contributed by atoms with Gasteiger partial charge in [-0.1, -0.05) is 12.1 Å². The molecule has 0 atom stereocenters. The monoisotopic (exact) mass is 457 g/mol. The summed E-state index contributed by atoms with van der Waals surface area (Å²) in [5, 5.41) is 7.54. The summed E-state index contributed by atoms with van der Waals surface area (Å²) in [5.74, 6) is -0.226. The van der Waals surface area contributed by atoms with Gasteiger partial charge in [-0.3, -0.25) is 9.59 Å². The highest BCUT2D eigenvalue weighted by molar-refractivity contribution is 14.1. The number of amides is 1. The lowest BCUT2D eigenvalue weighted by atomic mass is 10.2. The number of aromatic nitrogens is 4. The van der Waals surface area contributed by atoms with Crippen LogP contribution in [0.2, 0.25) is 0 Å². The first-order valence-electron chi connectivity index (χ1n) is 7.71. The van der Waals surface area contributed by atoms with Crippen molar-refractivity contribution in [1.82, 2.24) is 19.7 Å². The van der Waals surface area contributed by atoms with Crippen molar-refractivity contribution in [2.24, 2.45) is 0 Å². The van der Waals surface area contributed by atoms with E-state index in [0.29, 0.717) is 28.0 Å². The van der Waals surface area contributed by atoms with Gasteiger partial charge in [0.25, 0.3) is 11.5 Å². The zero-order valence-electron chi connectivity index (χ0n) is 13.3. The highest BCUT2D eigenvalue weighted by Crippen LogP contribution is 2.23. The summed E-state index contributed by atoms with van der Waals surface area (Å²) in [6.07, 6.45) is 2.79. The van der Waals surface area contributed by atoms with Gasteiger partial charge in [0.1, 0.15) is 5.39 Å². The number of anilines is 1. The SMILES string of the molecule is O=C(Nc1ccccc1-n1ncc2c(=O)[nH]cnc21)c1ccc(I)cc1. The second-order valence-electron chi connectivity index (χ2n) is 5.50. The minimum atomic E-state index is -0.262. The van der Waals surface area contributed by atoms with Gasteiger partial charge in [0.15, 0.2) is 5.65 Å². The van der Waals surface area contributed by atoms with Crippen LogP contribution < -0.4 is 10.9 Å². The number of para-hydroxylation sites is 2. The third-order valence-corrected chi connectivity index (χ3v) is 4.58. The molecule has 0 spiro atoms. The molecule has 1 amide bonds. The van der Waals surface area contributed by atoms with Crippen LogP contribution in [0.15, 0.2) is 65.8 Å². The molecule has 2 heterocycles. The summed E-state index contributed by atoms with van der Waals surface area (Å²) in [7, 11) is 0. The molecule has 7 nitrogen and oxygen atoms in total. The maximum atomic E-state index is 12.6. The quantitative estimate of drug-likeness (QED) is 0.463. The largest absolute Gasteiger partial charge is 0.320 e. The Kier molecular flexibility index (Phi) is 4.25. The number of halogens is 1. The van der Waals surface area contributed by atoms with Gasteiger partial charge in [0, 0.05) is 9.13 Å². The molecule has 4 rings (SSSR count). The first kappa shape index (κ1) is 16.5. The second kappa shape index (κ2) is 6.71. The molecule has 2 N–H and O–H groups in total. The molecule has 0 radical (unpaired) electrons. The van der Waals surface area contributed by atoms with Crippen LogP contribution in [0.25, 0.3) is 16.7 Å². The van der Waals surface area contributed by atoms with E-state index in [1.165, 1.54) is 17.2 Å². The average Bonchev–Trinajstić information content (AvgIpc) is 3.08. The van der Waals surface area contributed by atoms with Crippen LogP contribution in [0.1, 0.15) is 10.4 Å². The summed E-state index contributed by atoms with van der Waals surface area (Å²) in [6, 6.07) is 14.5. The lowest BCUT2D eigenvalue weighted by molar-refractivity contribution is 0.102. The third kappa shape index (κ3) is 2.99. The van der Waals surface area contributed by atoms with Crippen LogP contribution in [0.3, 0.4) is 0 Å². The van der Waals surface area contributed by atoms with Crippen molar-refractivity contribution in [2.45, 2.75) is 0 Å². The zero-order valence-corrected chi connectivity index (χ0v) is 15.5. The van der Waals surface area contributed by atoms with Crippen LogP contribution in [-0.2, 0) is 0 Å². The smallest absolute Gasteiger partial charge is 0.261 e. The van der Waals surface area contributed by atoms with Crippen LogP contribution in [0.5, 0.6) is 0 Å². The predicted octanol–water partition coefficient (Wildman–Crippen LogP) is 2.97. The number of hydrogen-bond acceptors (Lipinski definition) is 4. The Labute approximate surface area is 161 Å². The summed E-state index contributed by atoms with van der Waals surface area (Å²) in [4.78, 5) is 31.1. The highest BCUT2D eigenvalue weighted by Gasteiger charge is 2.14. The van der Waals surface area contributed by atoms with Crippen LogP contribution >= 0.6 is 22.6 Å². The summed E-state index contributed by atoms with van der Waals surface area (Å²) < 4.78 is 2.59. The van der Waals surface area contributed by atoms with Crippen molar-refractivity contribution in [2.75, 3.05) is 5.32 Å². The Balaban J connectivity index is 1.75. The van der Waals surface area contributed by atoms with Crippen molar-refractivity contribution >= 4 is 45.2 Å². The van der Waals surface area contributed by atoms with Gasteiger partial charge in [-0.15, -0.1) is 0 Å². The fourth-order valence-corrected chi connectivity index (χ4v) is 2.95. The first-order chi connectivity index (χ1) is 12.6. The Morgan fingerprint density at radius 3 is 2.69 bits per heavy atom. The van der Waals surface area contributed by atoms with Gasteiger partial charge in [-0.05, 0) is 59.0 Å². The number of hydrogen-bond donors (Lipinski definition) is 2. The van der Waals surface area contributed by atoms with Crippen molar-refractivity contribution in [3.8, 4) is 5.69 Å². The molecule has 8 heteroatoms. The normalized spacial score (nSPS) is 10.8. The van der Waals surface area contributed by atoms with Crippen molar-refractivity contribution < 1.29 is 4.79 Å². The van der Waals surface area contributed by atoms with E-state index < -0.39 is 0 Å². The van der Waals surface area contributed by atoms with E-state index in [-0.39, 0.29) is 11.5 Å². The number of H-pyrrole nitrogens is 1. The number of fused-ring (bicyclic) bond motifs is 1. The molecule has 0 aliphatic carbocycles. The van der Waals surface area contributed by atoms with E-state index in [2.05, 4.69) is 43.0 Å². The summed E-state index contributed by atoms with van der Waals surface area (Å²) in [5.41, 5.74) is 1.91. The summed E-state index contributed by atoms with van der Waals surface area (Å²) in [6.45, 7) is 0. The Hall–Kier alpha value is -3.01. The molecule has 4 aromatic rings. The van der Waals surface area contributed by atoms with E-state index in [0.717, 1.165) is 3.57 Å². The molecule has 0 saturated carbocycles. The summed E-state index contributed by atoms with van der Waals surface area (Å²) >= 11 is 2.19. The molecule has 0 unspecified atom stereocenters. The fraction of sp³-hybridized carbons (Fsp3) is 0. The van der Waals surface area contributed by atoms with E-state index >= 15 is 0 Å². The molecule has 0 aliphatic heterocycles. The van der Waals surface area contributed by atoms with Gasteiger partial charge in [-0.25, -0.2) is 9.67 Å². The Morgan fingerprint density at radius 2 is 1.88 bits per heavy atom. The number of aromatic amines is 1. The maximum Gasteiger partial charge on any atom is 0.261 e. The van der Waals surface area contributed by atoms with Crippen molar-refractivity contribution in [3.05, 3.63) is 80.5 Å². The zero-order chi connectivity index (χ0) is 18.1. The fourth-order valence-electron chi connectivity index (χ4n) is 2.59. The molecule has 0 bridgehead atoms. The third-order valence-electron chi connectivity index (χ3n) is 3.86. The topological polar surface area (TPSA) is 92.7 Å². The van der Waals surface area contributed by atoms with Crippen molar-refractivity contribution in [1.29, 1.82) is 0 Å². The Morgan fingerprint density at radius 1 is 1.12 bits per heavy atom. The lowest BCUT2D eigenvalue weighted by Gasteiger charge is -2.11. The van der Waals surface area contributed by atoms with Crippen LogP contribution in [-0.4, -0.2) is 25.7 Å². The van der Waals surface area contributed by atoms with E-state index in [4.69, 9.17) is 0 Å². The number of nitrogens with one attached hydrogen (secondary N) is 2. The van der Waals surface area contributed by atoms with E-state index in [1.807, 2.05) is 24.3 Å². The Bertz CT molecular complexity index is 1160. The molecular formula is C18H12IN5O2. The van der Waals surface area contributed by atoms with E-state index in [9.17, 15) is 9.59 Å². The average molecular weight is 457 g/mol. The molecule has 2 aromatic heterocycles. The van der Waals surface area contributed by atoms with Gasteiger partial charge in [0.05, 0.1) is 23.9 Å². The number of carbonyl (C=O) groups excluding carboxylic acids is 1. The molecular weight excluding hydrogens is 445 g/mol. The van der Waals surface area contributed by atoms with E-state index in [1.54, 1.807) is 24.3 Å². The minimum absolute atomic E-state index is 0.226. The van der Waals surface area contributed by atoms with Gasteiger partial charge < -0.3 is 10.3 Å². The highest BCUT2D eigenvalue weighted by atomic mass is 127.